The Morgan fingerprint density at radius 3 is 2.50 bits per heavy atom. The molecule has 3 N–H and O–H groups in total. The van der Waals surface area contributed by atoms with Gasteiger partial charge in [-0.1, -0.05) is 24.3 Å². The van der Waals surface area contributed by atoms with Crippen molar-refractivity contribution in [2.45, 2.75) is 12.3 Å². The number of alkyl halides is 2. The van der Waals surface area contributed by atoms with Gasteiger partial charge in [-0.25, -0.2) is 13.4 Å². The molecule has 0 unspecified atom stereocenters. The maximum Gasteiger partial charge on any atom is 0.355 e. The molecule has 2 rings (SSSR count). The molecule has 0 aliphatic heterocycles. The van der Waals surface area contributed by atoms with Gasteiger partial charge >= 0.3 is 5.76 Å². The molecule has 1 aromatic heterocycles. The van der Waals surface area contributed by atoms with Crippen molar-refractivity contribution in [1.29, 1.82) is 0 Å². The van der Waals surface area contributed by atoms with Gasteiger partial charge in [-0.05, 0) is 5.56 Å². The van der Waals surface area contributed by atoms with Crippen LogP contribution in [0.25, 0.3) is 11.3 Å². The summed E-state index contributed by atoms with van der Waals surface area (Å²) in [5, 5.41) is 1.49. The van der Waals surface area contributed by atoms with Crippen molar-refractivity contribution in [2.75, 3.05) is 4.72 Å². The highest BCUT2D eigenvalue weighted by molar-refractivity contribution is 7.93. The van der Waals surface area contributed by atoms with Crippen LogP contribution in [-0.2, 0) is 16.6 Å². The smallest absolute Gasteiger partial charge is 0.326 e. The van der Waals surface area contributed by atoms with Crippen LogP contribution in [0.3, 0.4) is 0 Å². The molecule has 0 amide bonds. The molecule has 0 spiro atoms. The molecule has 1 aromatic carbocycles. The van der Waals surface area contributed by atoms with Gasteiger partial charge in [0.2, 0.25) is 0 Å². The Kier molecular flexibility index (Phi) is 4.31. The van der Waals surface area contributed by atoms with Gasteiger partial charge in [0.15, 0.2) is 5.13 Å². The SMILES string of the molecule is NCc1ccc(-c2csc(NS(=O)(=O)C(F)F)n2)cc1. The summed E-state index contributed by atoms with van der Waals surface area (Å²) in [4.78, 5) is 3.97. The molecule has 20 heavy (non-hydrogen) atoms. The lowest BCUT2D eigenvalue weighted by molar-refractivity contribution is 0.236. The molecular weight excluding hydrogens is 308 g/mol. The summed E-state index contributed by atoms with van der Waals surface area (Å²) in [7, 11) is -4.68. The summed E-state index contributed by atoms with van der Waals surface area (Å²) >= 11 is 0.939. The second-order valence-corrected chi connectivity index (χ2v) is 6.36. The summed E-state index contributed by atoms with van der Waals surface area (Å²) in [5.74, 6) is -3.49. The third kappa shape index (κ3) is 3.30. The minimum absolute atomic E-state index is 0.0943. The molecule has 2 aromatic rings. The number of rotatable bonds is 5. The third-order valence-electron chi connectivity index (χ3n) is 2.45. The number of sulfonamides is 1. The van der Waals surface area contributed by atoms with Crippen molar-refractivity contribution in [3.05, 3.63) is 35.2 Å². The Bertz CT molecular complexity index is 684. The molecule has 108 valence electrons. The third-order valence-corrected chi connectivity index (χ3v) is 4.29. The molecule has 0 saturated heterocycles. The summed E-state index contributed by atoms with van der Waals surface area (Å²) < 4.78 is 48.2. The number of thiazole rings is 1. The van der Waals surface area contributed by atoms with Gasteiger partial charge < -0.3 is 5.73 Å². The lowest BCUT2D eigenvalue weighted by atomic mass is 10.1. The van der Waals surface area contributed by atoms with Gasteiger partial charge in [0, 0.05) is 17.5 Å². The predicted molar refractivity (Wildman–Crippen MR) is 74.0 cm³/mol. The van der Waals surface area contributed by atoms with Gasteiger partial charge in [-0.3, -0.25) is 4.72 Å². The van der Waals surface area contributed by atoms with Crippen LogP contribution in [0.5, 0.6) is 0 Å². The fraction of sp³-hybridized carbons (Fsp3) is 0.182. The number of hydrogen-bond donors (Lipinski definition) is 2. The van der Waals surface area contributed by atoms with Gasteiger partial charge in [0.1, 0.15) is 0 Å². The van der Waals surface area contributed by atoms with Gasteiger partial charge in [-0.2, -0.15) is 8.78 Å². The fourth-order valence-corrected chi connectivity index (χ4v) is 2.91. The van der Waals surface area contributed by atoms with Crippen molar-refractivity contribution in [3.8, 4) is 11.3 Å². The van der Waals surface area contributed by atoms with E-state index in [9.17, 15) is 17.2 Å². The monoisotopic (exact) mass is 319 g/mol. The van der Waals surface area contributed by atoms with E-state index < -0.39 is 15.8 Å². The van der Waals surface area contributed by atoms with Crippen LogP contribution in [-0.4, -0.2) is 19.2 Å². The topological polar surface area (TPSA) is 85.1 Å². The lowest BCUT2D eigenvalue weighted by Gasteiger charge is -2.02. The van der Waals surface area contributed by atoms with Crippen LogP contribution in [0, 0.1) is 0 Å². The fourth-order valence-electron chi connectivity index (χ4n) is 1.43. The normalized spacial score (nSPS) is 11.8. The lowest BCUT2D eigenvalue weighted by Crippen LogP contribution is -2.20. The minimum atomic E-state index is -4.68. The van der Waals surface area contributed by atoms with E-state index in [1.165, 1.54) is 0 Å². The summed E-state index contributed by atoms with van der Waals surface area (Å²) in [6, 6.07) is 7.20. The summed E-state index contributed by atoms with van der Waals surface area (Å²) in [6.07, 6.45) is 0. The molecule has 0 fully saturated rings. The number of benzene rings is 1. The van der Waals surface area contributed by atoms with Crippen molar-refractivity contribution in [1.82, 2.24) is 4.98 Å². The molecule has 0 atom stereocenters. The van der Waals surface area contributed by atoms with E-state index in [2.05, 4.69) is 4.98 Å². The number of hydrogen-bond acceptors (Lipinski definition) is 5. The quantitative estimate of drug-likeness (QED) is 0.885. The highest BCUT2D eigenvalue weighted by atomic mass is 32.2. The van der Waals surface area contributed by atoms with Crippen LogP contribution < -0.4 is 10.5 Å². The van der Waals surface area contributed by atoms with Crippen LogP contribution in [0.4, 0.5) is 13.9 Å². The van der Waals surface area contributed by atoms with Gasteiger partial charge in [0.05, 0.1) is 5.69 Å². The van der Waals surface area contributed by atoms with E-state index in [0.717, 1.165) is 22.5 Å². The van der Waals surface area contributed by atoms with E-state index in [1.807, 2.05) is 12.1 Å². The Morgan fingerprint density at radius 2 is 1.95 bits per heavy atom. The Labute approximate surface area is 118 Å². The zero-order valence-electron chi connectivity index (χ0n) is 10.1. The average Bonchev–Trinajstić information content (AvgIpc) is 2.86. The van der Waals surface area contributed by atoms with Crippen LogP contribution >= 0.6 is 11.3 Å². The Balaban J connectivity index is 2.20. The number of anilines is 1. The van der Waals surface area contributed by atoms with Crippen molar-refractivity contribution >= 4 is 26.5 Å². The second kappa shape index (κ2) is 5.81. The van der Waals surface area contributed by atoms with E-state index >= 15 is 0 Å². The predicted octanol–water partition coefficient (Wildman–Crippen LogP) is 2.23. The first-order valence-electron chi connectivity index (χ1n) is 5.47. The number of nitrogens with zero attached hydrogens (tertiary/aromatic N) is 1. The zero-order valence-corrected chi connectivity index (χ0v) is 11.7. The number of halogens is 2. The van der Waals surface area contributed by atoms with Crippen molar-refractivity contribution in [3.63, 3.8) is 0 Å². The first kappa shape index (κ1) is 14.8. The van der Waals surface area contributed by atoms with E-state index in [-0.39, 0.29) is 5.13 Å². The average molecular weight is 319 g/mol. The molecule has 9 heteroatoms. The molecule has 0 bridgehead atoms. The molecule has 0 aliphatic rings. The molecule has 1 heterocycles. The summed E-state index contributed by atoms with van der Waals surface area (Å²) in [6.45, 7) is 0.413. The number of aromatic nitrogens is 1. The van der Waals surface area contributed by atoms with Gasteiger partial charge in [-0.15, -0.1) is 11.3 Å². The zero-order chi connectivity index (χ0) is 14.8. The van der Waals surface area contributed by atoms with Crippen molar-refractivity contribution in [2.24, 2.45) is 5.73 Å². The molecule has 5 nitrogen and oxygen atoms in total. The Hall–Kier alpha value is -1.58. The highest BCUT2D eigenvalue weighted by Gasteiger charge is 2.24. The van der Waals surface area contributed by atoms with E-state index in [0.29, 0.717) is 12.2 Å². The molecule has 0 radical (unpaired) electrons. The van der Waals surface area contributed by atoms with Crippen LogP contribution in [0.1, 0.15) is 5.56 Å². The van der Waals surface area contributed by atoms with Crippen molar-refractivity contribution < 1.29 is 17.2 Å². The maximum atomic E-state index is 12.2. The minimum Gasteiger partial charge on any atom is -0.326 e. The van der Waals surface area contributed by atoms with Gasteiger partial charge in [0.25, 0.3) is 10.0 Å². The first-order chi connectivity index (χ1) is 9.42. The van der Waals surface area contributed by atoms with E-state index in [4.69, 9.17) is 5.73 Å². The largest absolute Gasteiger partial charge is 0.355 e. The molecule has 0 aliphatic carbocycles. The van der Waals surface area contributed by atoms with E-state index in [1.54, 1.807) is 22.2 Å². The highest BCUT2D eigenvalue weighted by Crippen LogP contribution is 2.26. The summed E-state index contributed by atoms with van der Waals surface area (Å²) in [5.41, 5.74) is 7.68. The first-order valence-corrected chi connectivity index (χ1v) is 7.89. The standard InChI is InChI=1S/C11H11F2N3O2S2/c12-10(13)20(17,18)16-11-15-9(6-19-11)8-3-1-7(5-14)2-4-8/h1-4,6,10H,5,14H2,(H,15,16). The number of nitrogens with one attached hydrogen (secondary N) is 1. The molecule has 0 saturated carbocycles. The Morgan fingerprint density at radius 1 is 1.30 bits per heavy atom. The van der Waals surface area contributed by atoms with Crippen LogP contribution in [0.15, 0.2) is 29.6 Å². The molecular formula is C11H11F2N3O2S2. The second-order valence-electron chi connectivity index (χ2n) is 3.85. The number of nitrogens with two attached hydrogens (primary N) is 1. The van der Waals surface area contributed by atoms with Crippen LogP contribution in [0.2, 0.25) is 0 Å². The maximum absolute atomic E-state index is 12.2.